The Morgan fingerprint density at radius 3 is 2.70 bits per heavy atom. The van der Waals surface area contributed by atoms with Crippen LogP contribution in [0.15, 0.2) is 30.6 Å². The first-order valence-electron chi connectivity index (χ1n) is 11.6. The first-order chi connectivity index (χ1) is 17.3. The molecule has 3 aromatic heterocycles. The molecular weight excluding hydrogens is 492 g/mol. The summed E-state index contributed by atoms with van der Waals surface area (Å²) in [6, 6.07) is 4.01. The zero-order chi connectivity index (χ0) is 26.4. The lowest BCUT2D eigenvalue weighted by Crippen LogP contribution is -2.51. The minimum absolute atomic E-state index is 0.158. The smallest absolute Gasteiger partial charge is 0.433 e. The largest absolute Gasteiger partial charge is 0.471 e. The van der Waals surface area contributed by atoms with Crippen LogP contribution in [-0.4, -0.2) is 42.8 Å². The SMILES string of the molecule is Cc1ncn2c1c(N)nc1cc(F)c(C(=O)N3CC(C)(C)C[C@@H]4Oc5nc(C(F)(F)F)ccc5[C@@H]43)cc12. The Bertz CT molecular complexity index is 1610. The van der Waals surface area contributed by atoms with E-state index in [1.165, 1.54) is 23.4 Å². The summed E-state index contributed by atoms with van der Waals surface area (Å²) in [7, 11) is 0. The van der Waals surface area contributed by atoms with E-state index in [9.17, 15) is 18.0 Å². The average Bonchev–Trinajstić information content (AvgIpc) is 3.36. The number of aromatic nitrogens is 4. The van der Waals surface area contributed by atoms with E-state index < -0.39 is 41.2 Å². The summed E-state index contributed by atoms with van der Waals surface area (Å²) >= 11 is 0. The summed E-state index contributed by atoms with van der Waals surface area (Å²) in [5.74, 6) is -1.37. The standard InChI is InChI=1S/C25H22F4N6O2/c1-11-19-21(30)32-15-7-14(26)13(6-16(15)35(19)10-31-11)23(36)34-9-24(2,3)8-17-20(34)12-4-5-18(25(27,28)29)33-22(12)37-17/h4-7,10,17,20H,8-9H2,1-3H3,(H2,30,32)/t17-,20-/m0/s1. The van der Waals surface area contributed by atoms with Gasteiger partial charge < -0.3 is 15.4 Å². The van der Waals surface area contributed by atoms with Gasteiger partial charge in [-0.1, -0.05) is 13.8 Å². The third kappa shape index (κ3) is 3.57. The Morgan fingerprint density at radius 2 is 1.97 bits per heavy atom. The summed E-state index contributed by atoms with van der Waals surface area (Å²) in [4.78, 5) is 27.6. The van der Waals surface area contributed by atoms with E-state index in [-0.39, 0.29) is 29.3 Å². The van der Waals surface area contributed by atoms with Crippen molar-refractivity contribution in [1.29, 1.82) is 0 Å². The highest BCUT2D eigenvalue weighted by molar-refractivity contribution is 5.99. The number of carbonyl (C=O) groups is 1. The van der Waals surface area contributed by atoms with Gasteiger partial charge in [-0.25, -0.2) is 19.3 Å². The van der Waals surface area contributed by atoms with Crippen LogP contribution in [0.25, 0.3) is 16.6 Å². The highest BCUT2D eigenvalue weighted by Gasteiger charge is 2.50. The van der Waals surface area contributed by atoms with Crippen LogP contribution < -0.4 is 10.5 Å². The van der Waals surface area contributed by atoms with Crippen molar-refractivity contribution in [2.24, 2.45) is 5.41 Å². The molecule has 8 nitrogen and oxygen atoms in total. The number of aryl methyl sites for hydroxylation is 1. The van der Waals surface area contributed by atoms with E-state index in [2.05, 4.69) is 15.0 Å². The van der Waals surface area contributed by atoms with Crippen molar-refractivity contribution in [2.75, 3.05) is 12.3 Å². The van der Waals surface area contributed by atoms with Gasteiger partial charge in [-0.05, 0) is 37.0 Å². The Labute approximate surface area is 208 Å². The maximum absolute atomic E-state index is 15.4. The van der Waals surface area contributed by atoms with Crippen LogP contribution in [0.2, 0.25) is 0 Å². The summed E-state index contributed by atoms with van der Waals surface area (Å²) in [5.41, 5.74) is 6.59. The predicted molar refractivity (Wildman–Crippen MR) is 125 cm³/mol. The maximum Gasteiger partial charge on any atom is 0.433 e. The molecule has 0 aliphatic carbocycles. The van der Waals surface area contributed by atoms with E-state index in [0.717, 1.165) is 12.1 Å². The molecule has 1 saturated heterocycles. The minimum Gasteiger partial charge on any atom is -0.471 e. The number of carbonyl (C=O) groups excluding carboxylic acids is 1. The minimum atomic E-state index is -4.64. The number of pyridine rings is 1. The number of nitrogens with zero attached hydrogens (tertiary/aromatic N) is 5. The molecule has 2 N–H and O–H groups in total. The molecular formula is C25H22F4N6O2. The van der Waals surface area contributed by atoms with E-state index in [1.807, 2.05) is 13.8 Å². The second-order valence-corrected chi connectivity index (χ2v) is 10.4. The van der Waals surface area contributed by atoms with Gasteiger partial charge in [0.1, 0.15) is 35.3 Å². The third-order valence-corrected chi connectivity index (χ3v) is 7.05. The number of imidazole rings is 1. The van der Waals surface area contributed by atoms with Crippen molar-refractivity contribution in [3.63, 3.8) is 0 Å². The molecule has 2 atom stereocenters. The molecule has 2 aliphatic heterocycles. The molecule has 0 bridgehead atoms. The number of amides is 1. The van der Waals surface area contributed by atoms with Gasteiger partial charge in [-0.15, -0.1) is 0 Å². The lowest BCUT2D eigenvalue weighted by atomic mass is 9.78. The lowest BCUT2D eigenvalue weighted by molar-refractivity contribution is -0.141. The second kappa shape index (κ2) is 7.53. The number of halogens is 4. The average molecular weight is 514 g/mol. The molecule has 0 radical (unpaired) electrons. The van der Waals surface area contributed by atoms with E-state index in [0.29, 0.717) is 28.7 Å². The van der Waals surface area contributed by atoms with Crippen LogP contribution in [0.3, 0.4) is 0 Å². The summed E-state index contributed by atoms with van der Waals surface area (Å²) in [6.07, 6.45) is -3.24. The number of alkyl halides is 3. The van der Waals surface area contributed by atoms with E-state index in [1.54, 1.807) is 11.3 Å². The summed E-state index contributed by atoms with van der Waals surface area (Å²) in [5, 5.41) is 0. The zero-order valence-electron chi connectivity index (χ0n) is 20.1. The Balaban J connectivity index is 1.47. The second-order valence-electron chi connectivity index (χ2n) is 10.4. The molecule has 37 heavy (non-hydrogen) atoms. The van der Waals surface area contributed by atoms with Crippen molar-refractivity contribution in [1.82, 2.24) is 24.3 Å². The van der Waals surface area contributed by atoms with Gasteiger partial charge in [-0.2, -0.15) is 13.2 Å². The van der Waals surface area contributed by atoms with Crippen LogP contribution in [0.1, 0.15) is 53.6 Å². The van der Waals surface area contributed by atoms with Crippen molar-refractivity contribution >= 4 is 28.3 Å². The van der Waals surface area contributed by atoms with Crippen LogP contribution in [0, 0.1) is 18.2 Å². The maximum atomic E-state index is 15.4. The van der Waals surface area contributed by atoms with Gasteiger partial charge in [0, 0.05) is 18.2 Å². The molecule has 1 fully saturated rings. The van der Waals surface area contributed by atoms with Gasteiger partial charge in [0.05, 0.1) is 28.3 Å². The number of nitrogen functional groups attached to an aromatic ring is 1. The zero-order valence-corrected chi connectivity index (χ0v) is 20.1. The molecule has 4 aromatic rings. The molecule has 192 valence electrons. The van der Waals surface area contributed by atoms with Crippen LogP contribution >= 0.6 is 0 Å². The normalized spacial score (nSPS) is 20.7. The first-order valence-corrected chi connectivity index (χ1v) is 11.6. The molecule has 1 aromatic carbocycles. The number of anilines is 1. The number of benzene rings is 1. The highest BCUT2D eigenvalue weighted by Crippen LogP contribution is 2.49. The number of nitrogens with two attached hydrogens (primary N) is 1. The predicted octanol–water partition coefficient (Wildman–Crippen LogP) is 4.70. The summed E-state index contributed by atoms with van der Waals surface area (Å²) in [6.45, 7) is 5.85. The van der Waals surface area contributed by atoms with Crippen molar-refractivity contribution in [3.8, 4) is 5.88 Å². The molecule has 0 unspecified atom stereocenters. The molecule has 5 heterocycles. The quantitative estimate of drug-likeness (QED) is 0.370. The van der Waals surface area contributed by atoms with E-state index >= 15 is 4.39 Å². The van der Waals surface area contributed by atoms with Crippen LogP contribution in [-0.2, 0) is 6.18 Å². The molecule has 0 saturated carbocycles. The number of likely N-dealkylation sites (tertiary alicyclic amines) is 1. The van der Waals surface area contributed by atoms with Gasteiger partial charge in [0.2, 0.25) is 5.88 Å². The number of piperidine rings is 1. The van der Waals surface area contributed by atoms with Crippen molar-refractivity contribution < 1.29 is 27.1 Å². The van der Waals surface area contributed by atoms with Crippen LogP contribution in [0.4, 0.5) is 23.4 Å². The van der Waals surface area contributed by atoms with Gasteiger partial charge in [0.15, 0.2) is 0 Å². The molecule has 0 spiro atoms. The van der Waals surface area contributed by atoms with Crippen LogP contribution in [0.5, 0.6) is 5.88 Å². The third-order valence-electron chi connectivity index (χ3n) is 7.05. The molecule has 1 amide bonds. The number of hydrogen-bond donors (Lipinski definition) is 1. The first kappa shape index (κ1) is 23.4. The van der Waals surface area contributed by atoms with Gasteiger partial charge >= 0.3 is 6.18 Å². The molecule has 2 aliphatic rings. The Morgan fingerprint density at radius 1 is 1.22 bits per heavy atom. The van der Waals surface area contributed by atoms with Gasteiger partial charge in [0.25, 0.3) is 5.91 Å². The van der Waals surface area contributed by atoms with Gasteiger partial charge in [-0.3, -0.25) is 9.20 Å². The van der Waals surface area contributed by atoms with Crippen molar-refractivity contribution in [3.05, 3.63) is 58.9 Å². The number of fused-ring (bicyclic) bond motifs is 6. The van der Waals surface area contributed by atoms with E-state index in [4.69, 9.17) is 10.5 Å². The fourth-order valence-corrected chi connectivity index (χ4v) is 5.49. The van der Waals surface area contributed by atoms with Crippen molar-refractivity contribution in [2.45, 2.75) is 45.5 Å². The number of hydrogen-bond acceptors (Lipinski definition) is 6. The highest BCUT2D eigenvalue weighted by atomic mass is 19.4. The fraction of sp³-hybridized carbons (Fsp3) is 0.360. The Kier molecular flexibility index (Phi) is 4.77. The topological polar surface area (TPSA) is 98.6 Å². The summed E-state index contributed by atoms with van der Waals surface area (Å²) < 4.78 is 62.6. The Hall–Kier alpha value is -3.96. The lowest BCUT2D eigenvalue weighted by Gasteiger charge is -2.44. The molecule has 12 heteroatoms. The number of rotatable bonds is 1. The fourth-order valence-electron chi connectivity index (χ4n) is 5.49. The monoisotopic (exact) mass is 514 g/mol. The molecule has 6 rings (SSSR count). The number of ether oxygens (including phenoxy) is 1.